The summed E-state index contributed by atoms with van der Waals surface area (Å²) in [6.45, 7) is 2.44. The molecule has 154 valence electrons. The van der Waals surface area contributed by atoms with Crippen molar-refractivity contribution < 1.29 is 14.3 Å². The fourth-order valence-electron chi connectivity index (χ4n) is 3.12. The summed E-state index contributed by atoms with van der Waals surface area (Å²) in [6, 6.07) is 23.0. The van der Waals surface area contributed by atoms with E-state index in [1.54, 1.807) is 19.4 Å². The van der Waals surface area contributed by atoms with Crippen molar-refractivity contribution in [3.05, 3.63) is 94.0 Å². The smallest absolute Gasteiger partial charge is 0.252 e. The van der Waals surface area contributed by atoms with Crippen LogP contribution < -0.4 is 14.9 Å². The van der Waals surface area contributed by atoms with Gasteiger partial charge in [-0.25, -0.2) is 5.43 Å². The third-order valence-electron chi connectivity index (χ3n) is 4.46. The molecule has 0 saturated heterocycles. The van der Waals surface area contributed by atoms with Crippen molar-refractivity contribution in [2.24, 2.45) is 5.10 Å². The molecule has 6 heteroatoms. The van der Waals surface area contributed by atoms with E-state index >= 15 is 0 Å². The van der Waals surface area contributed by atoms with Gasteiger partial charge in [0.25, 0.3) is 5.91 Å². The van der Waals surface area contributed by atoms with Gasteiger partial charge in [0.1, 0.15) is 0 Å². The topological polar surface area (TPSA) is 59.9 Å². The molecule has 0 aliphatic carbocycles. The Hall–Kier alpha value is -3.12. The first kappa shape index (κ1) is 21.6. The number of halogens is 1. The first-order chi connectivity index (χ1) is 14.6. The molecule has 0 bridgehead atoms. The van der Waals surface area contributed by atoms with Crippen LogP contribution in [0.3, 0.4) is 0 Å². The van der Waals surface area contributed by atoms with Crippen LogP contribution in [-0.4, -0.2) is 25.8 Å². The fraction of sp³-hybridized carbons (Fsp3) is 0.167. The highest BCUT2D eigenvalue weighted by atomic mass is 79.9. The molecule has 3 aromatic carbocycles. The average Bonchev–Trinajstić information content (AvgIpc) is 2.77. The number of nitrogens with one attached hydrogen (secondary N) is 1. The molecule has 0 atom stereocenters. The predicted octanol–water partition coefficient (Wildman–Crippen LogP) is 5.14. The van der Waals surface area contributed by atoms with E-state index in [4.69, 9.17) is 9.47 Å². The molecule has 3 rings (SSSR count). The molecular weight excluding hydrogens is 444 g/mol. The van der Waals surface area contributed by atoms with Crippen molar-refractivity contribution in [1.29, 1.82) is 0 Å². The Bertz CT molecular complexity index is 968. The van der Waals surface area contributed by atoms with Gasteiger partial charge in [-0.3, -0.25) is 4.79 Å². The summed E-state index contributed by atoms with van der Waals surface area (Å²) in [5.74, 6) is 0.562. The lowest BCUT2D eigenvalue weighted by Crippen LogP contribution is -2.26. The molecule has 30 heavy (non-hydrogen) atoms. The second-order valence-corrected chi connectivity index (χ2v) is 7.31. The maximum atomic E-state index is 13.0. The molecule has 5 nitrogen and oxygen atoms in total. The average molecular weight is 467 g/mol. The SMILES string of the molecule is CCOc1c(Br)cc(/C=N/NC(=O)C(c2ccccc2)c2ccccc2)cc1OC. The number of carbonyl (C=O) groups excluding carboxylic acids is 1. The number of carbonyl (C=O) groups is 1. The van der Waals surface area contributed by atoms with Crippen molar-refractivity contribution >= 4 is 28.1 Å². The minimum absolute atomic E-state index is 0.208. The van der Waals surface area contributed by atoms with E-state index in [9.17, 15) is 4.79 Å². The van der Waals surface area contributed by atoms with Crippen molar-refractivity contribution in [3.8, 4) is 11.5 Å². The van der Waals surface area contributed by atoms with Crippen LogP contribution in [0.15, 0.2) is 82.4 Å². The zero-order valence-corrected chi connectivity index (χ0v) is 18.4. The predicted molar refractivity (Wildman–Crippen MR) is 122 cm³/mol. The first-order valence-electron chi connectivity index (χ1n) is 9.57. The van der Waals surface area contributed by atoms with Gasteiger partial charge in [-0.1, -0.05) is 60.7 Å². The van der Waals surface area contributed by atoms with Gasteiger partial charge in [0.15, 0.2) is 11.5 Å². The highest BCUT2D eigenvalue weighted by Crippen LogP contribution is 2.36. The van der Waals surface area contributed by atoms with Crippen molar-refractivity contribution in [3.63, 3.8) is 0 Å². The third-order valence-corrected chi connectivity index (χ3v) is 5.05. The van der Waals surface area contributed by atoms with Gasteiger partial charge in [0.2, 0.25) is 0 Å². The molecule has 0 fully saturated rings. The van der Waals surface area contributed by atoms with Crippen LogP contribution >= 0.6 is 15.9 Å². The molecular formula is C24H23BrN2O3. The van der Waals surface area contributed by atoms with Gasteiger partial charge in [-0.15, -0.1) is 0 Å². The van der Waals surface area contributed by atoms with Gasteiger partial charge in [0.05, 0.1) is 30.3 Å². The van der Waals surface area contributed by atoms with Crippen LogP contribution in [0.25, 0.3) is 0 Å². The summed E-state index contributed by atoms with van der Waals surface area (Å²) in [5.41, 5.74) is 5.24. The third kappa shape index (κ3) is 5.27. The Labute approximate surface area is 184 Å². The Morgan fingerprint density at radius 2 is 1.67 bits per heavy atom. The number of hydrazone groups is 1. The lowest BCUT2D eigenvalue weighted by atomic mass is 9.91. The number of ether oxygens (including phenoxy) is 2. The van der Waals surface area contributed by atoms with Crippen LogP contribution in [-0.2, 0) is 4.79 Å². The van der Waals surface area contributed by atoms with E-state index < -0.39 is 5.92 Å². The molecule has 1 N–H and O–H groups in total. The van der Waals surface area contributed by atoms with Crippen molar-refractivity contribution in [1.82, 2.24) is 5.43 Å². The Kier molecular flexibility index (Phi) is 7.63. The van der Waals surface area contributed by atoms with Crippen LogP contribution in [0.5, 0.6) is 11.5 Å². The summed E-state index contributed by atoms with van der Waals surface area (Å²) in [6.07, 6.45) is 1.58. The molecule has 0 aromatic heterocycles. The molecule has 1 amide bonds. The van der Waals surface area contributed by atoms with Gasteiger partial charge in [-0.05, 0) is 51.7 Å². The first-order valence-corrected chi connectivity index (χ1v) is 10.4. The highest BCUT2D eigenvalue weighted by Gasteiger charge is 2.22. The molecule has 0 saturated carbocycles. The van der Waals surface area contributed by atoms with Crippen LogP contribution in [0.2, 0.25) is 0 Å². The highest BCUT2D eigenvalue weighted by molar-refractivity contribution is 9.10. The zero-order chi connectivity index (χ0) is 21.3. The van der Waals surface area contributed by atoms with E-state index in [0.717, 1.165) is 21.2 Å². The number of benzene rings is 3. The molecule has 0 heterocycles. The molecule has 0 unspecified atom stereocenters. The van der Waals surface area contributed by atoms with Crippen molar-refractivity contribution in [2.45, 2.75) is 12.8 Å². The molecule has 0 radical (unpaired) electrons. The van der Waals surface area contributed by atoms with Gasteiger partial charge in [-0.2, -0.15) is 5.10 Å². The second-order valence-electron chi connectivity index (χ2n) is 6.46. The number of hydrogen-bond acceptors (Lipinski definition) is 4. The number of methoxy groups -OCH3 is 1. The summed E-state index contributed by atoms with van der Waals surface area (Å²) < 4.78 is 11.7. The Balaban J connectivity index is 1.80. The molecule has 0 aliphatic heterocycles. The van der Waals surface area contributed by atoms with Gasteiger partial charge in [0, 0.05) is 0 Å². The van der Waals surface area contributed by atoms with Crippen LogP contribution in [0.4, 0.5) is 0 Å². The summed E-state index contributed by atoms with van der Waals surface area (Å²) in [4.78, 5) is 13.0. The summed E-state index contributed by atoms with van der Waals surface area (Å²) >= 11 is 3.49. The minimum atomic E-state index is -0.453. The number of amides is 1. The summed E-state index contributed by atoms with van der Waals surface area (Å²) in [5, 5.41) is 4.16. The molecule has 0 aliphatic rings. The monoisotopic (exact) mass is 466 g/mol. The van der Waals surface area contributed by atoms with Gasteiger partial charge < -0.3 is 9.47 Å². The normalized spacial score (nSPS) is 10.9. The van der Waals surface area contributed by atoms with Crippen LogP contribution in [0, 0.1) is 0 Å². The Morgan fingerprint density at radius 3 is 2.20 bits per heavy atom. The largest absolute Gasteiger partial charge is 0.493 e. The standard InChI is InChI=1S/C24H23BrN2O3/c1-3-30-23-20(25)14-17(15-21(23)29-2)16-26-27-24(28)22(18-10-6-4-7-11-18)19-12-8-5-9-13-19/h4-16,22H,3H2,1-2H3,(H,27,28)/b26-16+. The number of rotatable bonds is 8. The van der Waals surface area contributed by atoms with Crippen molar-refractivity contribution in [2.75, 3.05) is 13.7 Å². The Morgan fingerprint density at radius 1 is 1.07 bits per heavy atom. The second kappa shape index (κ2) is 10.6. The zero-order valence-electron chi connectivity index (χ0n) is 16.8. The lowest BCUT2D eigenvalue weighted by molar-refractivity contribution is -0.121. The van der Waals surface area contributed by atoms with E-state index in [1.807, 2.05) is 73.7 Å². The molecule has 0 spiro atoms. The maximum Gasteiger partial charge on any atom is 0.252 e. The quantitative estimate of drug-likeness (QED) is 0.369. The summed E-state index contributed by atoms with van der Waals surface area (Å²) in [7, 11) is 1.58. The number of hydrogen-bond donors (Lipinski definition) is 1. The minimum Gasteiger partial charge on any atom is -0.493 e. The lowest BCUT2D eigenvalue weighted by Gasteiger charge is -2.16. The van der Waals surface area contributed by atoms with E-state index in [-0.39, 0.29) is 5.91 Å². The van der Waals surface area contributed by atoms with E-state index in [1.165, 1.54) is 0 Å². The van der Waals surface area contributed by atoms with E-state index in [0.29, 0.717) is 18.1 Å². The number of nitrogens with zero attached hydrogens (tertiary/aromatic N) is 1. The fourth-order valence-corrected chi connectivity index (χ4v) is 3.69. The van der Waals surface area contributed by atoms with Crippen LogP contribution in [0.1, 0.15) is 29.5 Å². The van der Waals surface area contributed by atoms with E-state index in [2.05, 4.69) is 26.5 Å². The maximum absolute atomic E-state index is 13.0. The molecule has 3 aromatic rings. The van der Waals surface area contributed by atoms with Gasteiger partial charge >= 0.3 is 0 Å².